The fourth-order valence-electron chi connectivity index (χ4n) is 3.02. The molecule has 2 aromatic heterocycles. The summed E-state index contributed by atoms with van der Waals surface area (Å²) in [5.41, 5.74) is 4.57. The lowest BCUT2D eigenvalue weighted by atomic mass is 9.94. The molecule has 0 fully saturated rings. The molecular formula is C21H25N3O2Si. The van der Waals surface area contributed by atoms with Gasteiger partial charge in [-0.1, -0.05) is 55.1 Å². The van der Waals surface area contributed by atoms with Crippen LogP contribution in [-0.2, 0) is 7.05 Å². The van der Waals surface area contributed by atoms with Crippen molar-refractivity contribution >= 4 is 30.8 Å². The molecule has 1 aromatic carbocycles. The summed E-state index contributed by atoms with van der Waals surface area (Å²) < 4.78 is 8.13. The van der Waals surface area contributed by atoms with E-state index in [4.69, 9.17) is 4.42 Å². The maximum atomic E-state index is 9.34. The van der Waals surface area contributed by atoms with Gasteiger partial charge in [-0.25, -0.2) is 0 Å². The van der Waals surface area contributed by atoms with E-state index >= 15 is 0 Å². The van der Waals surface area contributed by atoms with E-state index in [-0.39, 0.29) is 0 Å². The topological polar surface area (TPSA) is 63.6 Å². The number of aromatic nitrogens is 2. The normalized spacial score (nSPS) is 13.2. The van der Waals surface area contributed by atoms with Gasteiger partial charge in [0.1, 0.15) is 13.8 Å². The third-order valence-corrected chi connectivity index (χ3v) is 6.14. The van der Waals surface area contributed by atoms with Gasteiger partial charge in [-0.3, -0.25) is 4.68 Å². The zero-order valence-electron chi connectivity index (χ0n) is 16.4. The average molecular weight is 380 g/mol. The number of hydrogen-bond donors (Lipinski definition) is 1. The Balaban J connectivity index is 2.34. The van der Waals surface area contributed by atoms with E-state index in [0.717, 1.165) is 39.0 Å². The van der Waals surface area contributed by atoms with Crippen molar-refractivity contribution in [2.75, 3.05) is 0 Å². The van der Waals surface area contributed by atoms with Crippen LogP contribution in [0.2, 0.25) is 19.6 Å². The zero-order valence-corrected chi connectivity index (χ0v) is 17.4. The molecule has 2 heterocycles. The molecule has 6 heteroatoms. The van der Waals surface area contributed by atoms with Crippen molar-refractivity contribution in [2.45, 2.75) is 26.6 Å². The van der Waals surface area contributed by atoms with Gasteiger partial charge in [0.15, 0.2) is 0 Å². The smallest absolute Gasteiger partial charge is 0.137 e. The number of oxime groups is 1. The van der Waals surface area contributed by atoms with Crippen molar-refractivity contribution in [1.82, 2.24) is 9.78 Å². The van der Waals surface area contributed by atoms with Crippen molar-refractivity contribution in [3.05, 3.63) is 71.2 Å². The molecule has 0 saturated heterocycles. The molecule has 0 amide bonds. The van der Waals surface area contributed by atoms with E-state index < -0.39 is 8.07 Å². The molecule has 3 aromatic rings. The maximum absolute atomic E-state index is 9.34. The molecule has 27 heavy (non-hydrogen) atoms. The van der Waals surface area contributed by atoms with Crippen LogP contribution < -0.4 is 5.38 Å². The first-order valence-corrected chi connectivity index (χ1v) is 12.4. The second kappa shape index (κ2) is 7.40. The van der Waals surface area contributed by atoms with Gasteiger partial charge < -0.3 is 9.62 Å². The Labute approximate surface area is 160 Å². The van der Waals surface area contributed by atoms with Gasteiger partial charge >= 0.3 is 0 Å². The Bertz CT molecular complexity index is 992. The second-order valence-corrected chi connectivity index (χ2v) is 12.7. The summed E-state index contributed by atoms with van der Waals surface area (Å²) in [4.78, 5) is 0. The Morgan fingerprint density at radius 2 is 1.89 bits per heavy atom. The van der Waals surface area contributed by atoms with E-state index in [0.29, 0.717) is 0 Å². The number of hydrogen-bond acceptors (Lipinski definition) is 4. The predicted molar refractivity (Wildman–Crippen MR) is 112 cm³/mol. The van der Waals surface area contributed by atoms with Crippen LogP contribution in [0.15, 0.2) is 58.4 Å². The molecule has 1 N–H and O–H groups in total. The van der Waals surface area contributed by atoms with Crippen LogP contribution in [0.4, 0.5) is 0 Å². The monoisotopic (exact) mass is 379 g/mol. The first kappa shape index (κ1) is 18.9. The Morgan fingerprint density at radius 3 is 2.41 bits per heavy atom. The van der Waals surface area contributed by atoms with Crippen LogP contribution in [-0.4, -0.2) is 29.3 Å². The van der Waals surface area contributed by atoms with Crippen LogP contribution in [0.5, 0.6) is 0 Å². The molecule has 0 unspecified atom stereocenters. The molecule has 5 nitrogen and oxygen atoms in total. The van der Waals surface area contributed by atoms with Gasteiger partial charge in [0, 0.05) is 30.0 Å². The van der Waals surface area contributed by atoms with Crippen LogP contribution >= 0.6 is 0 Å². The van der Waals surface area contributed by atoms with E-state index in [1.807, 2.05) is 43.6 Å². The fourth-order valence-corrected chi connectivity index (χ4v) is 4.08. The summed E-state index contributed by atoms with van der Waals surface area (Å²) in [6.07, 6.45) is 5.22. The summed E-state index contributed by atoms with van der Waals surface area (Å²) in [7, 11) is 0.270. The largest absolute Gasteiger partial charge is 0.466 e. The minimum atomic E-state index is -1.61. The highest BCUT2D eigenvalue weighted by molar-refractivity contribution is 6.87. The van der Waals surface area contributed by atoms with Crippen LogP contribution in [0.3, 0.4) is 0 Å². The number of nitrogens with zero attached hydrogens (tertiary/aromatic N) is 3. The summed E-state index contributed by atoms with van der Waals surface area (Å²) >= 11 is 0. The molecule has 0 aliphatic heterocycles. The van der Waals surface area contributed by atoms with Gasteiger partial charge in [0.2, 0.25) is 0 Å². The predicted octanol–water partition coefficient (Wildman–Crippen LogP) is 4.29. The first-order valence-electron chi connectivity index (χ1n) is 8.88. The van der Waals surface area contributed by atoms with Gasteiger partial charge in [-0.2, -0.15) is 5.10 Å². The number of benzene rings is 1. The van der Waals surface area contributed by atoms with Crippen molar-refractivity contribution in [1.29, 1.82) is 0 Å². The van der Waals surface area contributed by atoms with Gasteiger partial charge in [-0.05, 0) is 24.1 Å². The summed E-state index contributed by atoms with van der Waals surface area (Å²) in [5, 5.41) is 18.0. The minimum Gasteiger partial charge on any atom is -0.466 e. The molecule has 0 aliphatic rings. The van der Waals surface area contributed by atoms with E-state index in [9.17, 15) is 5.21 Å². The highest BCUT2D eigenvalue weighted by Gasteiger charge is 2.26. The molecule has 3 rings (SSSR count). The highest BCUT2D eigenvalue weighted by atomic mass is 28.3. The minimum absolute atomic E-state index is 0.783. The molecule has 140 valence electrons. The van der Waals surface area contributed by atoms with Crippen molar-refractivity contribution in [3.8, 4) is 0 Å². The zero-order chi connectivity index (χ0) is 19.6. The molecule has 0 bridgehead atoms. The second-order valence-electron chi connectivity index (χ2n) is 7.67. The lowest BCUT2D eigenvalue weighted by Crippen LogP contribution is -2.36. The standard InChI is InChI=1S/C21H25N3O2Si/c1-15-11-19(27(3,4)5)26-21(15)20(17-12-22-24(2)14-17)18(13-23-25)16-9-7-6-8-10-16/h6-14,25H,1-5H3/b20-18+,23-13+. The van der Waals surface area contributed by atoms with Crippen molar-refractivity contribution in [3.63, 3.8) is 0 Å². The lowest BCUT2D eigenvalue weighted by Gasteiger charge is -2.13. The molecule has 0 aliphatic carbocycles. The highest BCUT2D eigenvalue weighted by Crippen LogP contribution is 2.33. The summed E-state index contributed by atoms with van der Waals surface area (Å²) in [6, 6.07) is 12.0. The average Bonchev–Trinajstić information content (AvgIpc) is 3.22. The fraction of sp³-hybridized carbons (Fsp3) is 0.238. The van der Waals surface area contributed by atoms with E-state index in [1.165, 1.54) is 6.21 Å². The Hall–Kier alpha value is -2.86. The van der Waals surface area contributed by atoms with Crippen molar-refractivity contribution < 1.29 is 9.62 Å². The quantitative estimate of drug-likeness (QED) is 0.311. The Morgan fingerprint density at radius 1 is 1.19 bits per heavy atom. The first-order chi connectivity index (χ1) is 12.8. The summed E-state index contributed by atoms with van der Waals surface area (Å²) in [5.74, 6) is 0.791. The summed E-state index contributed by atoms with van der Waals surface area (Å²) in [6.45, 7) is 8.83. The van der Waals surface area contributed by atoms with Crippen LogP contribution in [0.1, 0.15) is 22.5 Å². The maximum Gasteiger partial charge on any atom is 0.137 e. The molecular weight excluding hydrogens is 354 g/mol. The van der Waals surface area contributed by atoms with Crippen LogP contribution in [0.25, 0.3) is 11.1 Å². The molecule has 0 saturated carbocycles. The third kappa shape index (κ3) is 3.95. The van der Waals surface area contributed by atoms with E-state index in [2.05, 4.69) is 42.9 Å². The SMILES string of the molecule is Cc1cc([Si](C)(C)C)oc1/C(=C(\C=N\O)c1ccccc1)c1cnn(C)c1. The van der Waals surface area contributed by atoms with E-state index in [1.54, 1.807) is 10.9 Å². The molecule has 0 radical (unpaired) electrons. The van der Waals surface area contributed by atoms with Gasteiger partial charge in [-0.15, -0.1) is 0 Å². The molecule has 0 atom stereocenters. The molecule has 0 spiro atoms. The van der Waals surface area contributed by atoms with Crippen LogP contribution in [0, 0.1) is 6.92 Å². The Kier molecular flexibility index (Phi) is 5.19. The van der Waals surface area contributed by atoms with Crippen molar-refractivity contribution in [2.24, 2.45) is 12.2 Å². The number of aryl methyl sites for hydroxylation is 2. The third-order valence-electron chi connectivity index (χ3n) is 4.42. The lowest BCUT2D eigenvalue weighted by molar-refractivity contribution is 0.322. The number of furan rings is 1. The van der Waals surface area contributed by atoms with Gasteiger partial charge in [0.25, 0.3) is 0 Å². The number of allylic oxidation sites excluding steroid dienone is 1. The number of rotatable bonds is 5. The van der Waals surface area contributed by atoms with Gasteiger partial charge in [0.05, 0.1) is 17.8 Å².